The number of amides is 1. The number of aromatic nitrogens is 1. The van der Waals surface area contributed by atoms with Crippen LogP contribution in [0.4, 0.5) is 10.1 Å². The Kier molecular flexibility index (Phi) is 3.56. The van der Waals surface area contributed by atoms with E-state index in [1.807, 2.05) is 0 Å². The predicted molar refractivity (Wildman–Crippen MR) is 78.3 cm³/mol. The number of nitrogens with zero attached hydrogens (tertiary/aromatic N) is 1. The lowest BCUT2D eigenvalue weighted by molar-refractivity contribution is 0.0933. The third kappa shape index (κ3) is 2.35. The maximum atomic E-state index is 13.7. The third-order valence-electron chi connectivity index (χ3n) is 3.74. The van der Waals surface area contributed by atoms with Crippen LogP contribution in [0.5, 0.6) is 0 Å². The molecule has 3 rings (SSSR count). The number of anilines is 1. The molecule has 0 unspecified atom stereocenters. The van der Waals surface area contributed by atoms with E-state index in [1.165, 1.54) is 24.0 Å². The fraction of sp³-hybridized carbons (Fsp3) is 0.429. The van der Waals surface area contributed by atoms with Crippen LogP contribution in [0, 0.1) is 5.82 Å². The maximum Gasteiger partial charge on any atom is 0.263 e. The fourth-order valence-corrected chi connectivity index (χ4v) is 3.71. The number of hydrogen-bond donors (Lipinski definition) is 2. The van der Waals surface area contributed by atoms with E-state index in [0.717, 1.165) is 31.9 Å². The number of nitrogens with one attached hydrogen (secondary N) is 1. The highest BCUT2D eigenvalue weighted by atomic mass is 32.1. The molecule has 0 atom stereocenters. The smallest absolute Gasteiger partial charge is 0.263 e. The van der Waals surface area contributed by atoms with Gasteiger partial charge in [0.1, 0.15) is 4.88 Å². The fourth-order valence-electron chi connectivity index (χ4n) is 2.70. The second kappa shape index (κ2) is 5.36. The van der Waals surface area contributed by atoms with E-state index in [2.05, 4.69) is 10.3 Å². The molecular formula is C14H16FN3OS. The molecule has 3 N–H and O–H groups in total. The lowest BCUT2D eigenvalue weighted by atomic mass is 9.95. The Labute approximate surface area is 120 Å². The van der Waals surface area contributed by atoms with Gasteiger partial charge in [-0.25, -0.2) is 4.39 Å². The van der Waals surface area contributed by atoms with Crippen molar-refractivity contribution in [3.8, 4) is 0 Å². The number of fused-ring (bicyclic) bond motifs is 1. The Morgan fingerprint density at radius 3 is 2.80 bits per heavy atom. The van der Waals surface area contributed by atoms with Crippen LogP contribution in [0.15, 0.2) is 12.4 Å². The first kappa shape index (κ1) is 13.3. The lowest BCUT2D eigenvalue weighted by Crippen LogP contribution is -2.36. The number of thiophene rings is 1. The summed E-state index contributed by atoms with van der Waals surface area (Å²) in [5, 5.41) is 3.31. The Morgan fingerprint density at radius 2 is 2.10 bits per heavy atom. The van der Waals surface area contributed by atoms with E-state index in [1.54, 1.807) is 0 Å². The molecular weight excluding hydrogens is 277 g/mol. The van der Waals surface area contributed by atoms with E-state index < -0.39 is 5.82 Å². The van der Waals surface area contributed by atoms with Gasteiger partial charge in [0.2, 0.25) is 0 Å². The number of halogens is 1. The summed E-state index contributed by atoms with van der Waals surface area (Å²) in [6, 6.07) is 0.212. The summed E-state index contributed by atoms with van der Waals surface area (Å²) in [7, 11) is 0. The number of carbonyl (C=O) groups excluding carboxylic acids is 1. The Balaban J connectivity index is 1.87. The minimum atomic E-state index is -0.479. The van der Waals surface area contributed by atoms with Crippen LogP contribution in [0.3, 0.4) is 0 Å². The molecule has 0 aromatic carbocycles. The lowest BCUT2D eigenvalue weighted by Gasteiger charge is -2.22. The van der Waals surface area contributed by atoms with Gasteiger partial charge in [0, 0.05) is 12.2 Å². The van der Waals surface area contributed by atoms with E-state index in [0.29, 0.717) is 15.0 Å². The number of rotatable bonds is 2. The third-order valence-corrected chi connectivity index (χ3v) is 4.88. The van der Waals surface area contributed by atoms with Gasteiger partial charge < -0.3 is 11.1 Å². The van der Waals surface area contributed by atoms with Gasteiger partial charge in [-0.3, -0.25) is 9.78 Å². The number of hydrogen-bond acceptors (Lipinski definition) is 4. The molecule has 2 aromatic rings. The topological polar surface area (TPSA) is 68.0 Å². The number of nitrogen functional groups attached to an aromatic ring is 1. The molecule has 2 heterocycles. The van der Waals surface area contributed by atoms with Gasteiger partial charge in [-0.05, 0) is 12.8 Å². The number of pyridine rings is 1. The van der Waals surface area contributed by atoms with Crippen molar-refractivity contribution in [2.45, 2.75) is 38.1 Å². The van der Waals surface area contributed by atoms with Crippen LogP contribution in [-0.4, -0.2) is 16.9 Å². The molecule has 1 fully saturated rings. The Hall–Kier alpha value is -1.69. The largest absolute Gasteiger partial charge is 0.397 e. The monoisotopic (exact) mass is 293 g/mol. The van der Waals surface area contributed by atoms with Crippen molar-refractivity contribution in [1.82, 2.24) is 10.3 Å². The highest BCUT2D eigenvalue weighted by Gasteiger charge is 2.22. The second-order valence-electron chi connectivity index (χ2n) is 5.15. The van der Waals surface area contributed by atoms with Gasteiger partial charge in [-0.1, -0.05) is 19.3 Å². The van der Waals surface area contributed by atoms with Gasteiger partial charge in [0.05, 0.1) is 22.0 Å². The molecule has 4 nitrogen and oxygen atoms in total. The van der Waals surface area contributed by atoms with Crippen molar-refractivity contribution >= 4 is 33.0 Å². The molecule has 0 bridgehead atoms. The summed E-state index contributed by atoms with van der Waals surface area (Å²) in [5.41, 5.74) is 6.15. The highest BCUT2D eigenvalue weighted by molar-refractivity contribution is 7.21. The van der Waals surface area contributed by atoms with E-state index >= 15 is 0 Å². The Morgan fingerprint density at radius 1 is 1.35 bits per heavy atom. The van der Waals surface area contributed by atoms with Crippen LogP contribution in [0.1, 0.15) is 41.8 Å². The summed E-state index contributed by atoms with van der Waals surface area (Å²) in [6.07, 6.45) is 8.19. The number of nitrogens with two attached hydrogens (primary N) is 1. The zero-order chi connectivity index (χ0) is 14.1. The molecule has 1 aliphatic rings. The van der Waals surface area contributed by atoms with Crippen molar-refractivity contribution in [2.75, 3.05) is 5.73 Å². The van der Waals surface area contributed by atoms with Crippen LogP contribution in [0.2, 0.25) is 0 Å². The van der Waals surface area contributed by atoms with Gasteiger partial charge in [-0.15, -0.1) is 11.3 Å². The molecule has 0 radical (unpaired) electrons. The molecule has 106 valence electrons. The summed E-state index contributed by atoms with van der Waals surface area (Å²) in [4.78, 5) is 16.5. The minimum Gasteiger partial charge on any atom is -0.397 e. The minimum absolute atomic E-state index is 0.199. The van der Waals surface area contributed by atoms with E-state index in [9.17, 15) is 9.18 Å². The molecule has 0 saturated heterocycles. The average Bonchev–Trinajstić information content (AvgIpc) is 2.79. The molecule has 0 spiro atoms. The molecule has 1 aliphatic carbocycles. The quantitative estimate of drug-likeness (QED) is 0.894. The highest BCUT2D eigenvalue weighted by Crippen LogP contribution is 2.34. The van der Waals surface area contributed by atoms with Crippen LogP contribution in [-0.2, 0) is 0 Å². The molecule has 1 amide bonds. The molecule has 6 heteroatoms. The predicted octanol–water partition coefficient (Wildman–Crippen LogP) is 3.08. The molecule has 1 saturated carbocycles. The van der Waals surface area contributed by atoms with Crippen molar-refractivity contribution in [3.05, 3.63) is 23.1 Å². The summed E-state index contributed by atoms with van der Waals surface area (Å²) < 4.78 is 14.3. The zero-order valence-corrected chi connectivity index (χ0v) is 11.8. The van der Waals surface area contributed by atoms with E-state index in [-0.39, 0.29) is 17.6 Å². The van der Waals surface area contributed by atoms with Gasteiger partial charge in [0.25, 0.3) is 5.91 Å². The summed E-state index contributed by atoms with van der Waals surface area (Å²) >= 11 is 1.20. The normalized spacial score (nSPS) is 16.4. The number of carbonyl (C=O) groups is 1. The molecule has 0 aliphatic heterocycles. The average molecular weight is 293 g/mol. The van der Waals surface area contributed by atoms with Crippen LogP contribution in [0.25, 0.3) is 10.1 Å². The maximum absolute atomic E-state index is 13.7. The first-order valence-corrected chi connectivity index (χ1v) is 7.61. The summed E-state index contributed by atoms with van der Waals surface area (Å²) in [5.74, 6) is -0.678. The van der Waals surface area contributed by atoms with Crippen molar-refractivity contribution in [1.29, 1.82) is 0 Å². The van der Waals surface area contributed by atoms with Crippen molar-refractivity contribution in [2.24, 2.45) is 0 Å². The van der Waals surface area contributed by atoms with Crippen LogP contribution >= 0.6 is 11.3 Å². The van der Waals surface area contributed by atoms with Crippen molar-refractivity contribution < 1.29 is 9.18 Å². The van der Waals surface area contributed by atoms with Gasteiger partial charge in [-0.2, -0.15) is 0 Å². The van der Waals surface area contributed by atoms with Gasteiger partial charge >= 0.3 is 0 Å². The molecule has 20 heavy (non-hydrogen) atoms. The zero-order valence-electron chi connectivity index (χ0n) is 11.0. The Bertz CT molecular complexity index is 649. The second-order valence-corrected chi connectivity index (χ2v) is 6.20. The SMILES string of the molecule is Nc1c(C(=O)NC2CCCCC2)sc2cncc(F)c12. The molecule has 2 aromatic heterocycles. The first-order valence-electron chi connectivity index (χ1n) is 6.79. The standard InChI is InChI=1S/C14H16FN3OS/c15-9-6-17-7-10-11(9)12(16)13(20-10)14(19)18-8-4-2-1-3-5-8/h6-8H,1-5,16H2,(H,18,19). The first-order chi connectivity index (χ1) is 9.66. The summed E-state index contributed by atoms with van der Waals surface area (Å²) in [6.45, 7) is 0. The van der Waals surface area contributed by atoms with E-state index in [4.69, 9.17) is 5.73 Å². The van der Waals surface area contributed by atoms with Crippen molar-refractivity contribution in [3.63, 3.8) is 0 Å². The van der Waals surface area contributed by atoms with Crippen LogP contribution < -0.4 is 11.1 Å². The van der Waals surface area contributed by atoms with Gasteiger partial charge in [0.15, 0.2) is 5.82 Å².